The molecule has 0 bridgehead atoms. The molecule has 0 aliphatic heterocycles. The summed E-state index contributed by atoms with van der Waals surface area (Å²) in [5.41, 5.74) is 1.15. The second kappa shape index (κ2) is 8.34. The van der Waals surface area contributed by atoms with Crippen molar-refractivity contribution in [3.63, 3.8) is 0 Å². The van der Waals surface area contributed by atoms with E-state index in [1.54, 1.807) is 0 Å². The number of nitrogens with zero attached hydrogens (tertiary/aromatic N) is 2. The summed E-state index contributed by atoms with van der Waals surface area (Å²) in [6.07, 6.45) is 10.8. The Labute approximate surface area is 99.3 Å². The molecule has 1 heterocycles. The van der Waals surface area contributed by atoms with Crippen LogP contribution in [0.25, 0.3) is 0 Å². The number of aryl methyl sites for hydroxylation is 1. The Balaban J connectivity index is 2.14. The third-order valence-corrected chi connectivity index (χ3v) is 2.76. The Kier molecular flexibility index (Phi) is 6.90. The van der Waals surface area contributed by atoms with Gasteiger partial charge in [-0.3, -0.25) is 0 Å². The maximum Gasteiger partial charge on any atom is 0.0949 e. The molecule has 1 aromatic rings. The molecule has 3 heteroatoms. The topological polar surface area (TPSA) is 29.9 Å². The van der Waals surface area contributed by atoms with Crippen molar-refractivity contribution < 1.29 is 0 Å². The van der Waals surface area contributed by atoms with E-state index < -0.39 is 0 Å². The molecule has 0 saturated carbocycles. The lowest BCUT2D eigenvalue weighted by Crippen LogP contribution is -2.11. The van der Waals surface area contributed by atoms with Gasteiger partial charge in [-0.15, -0.1) is 0 Å². The van der Waals surface area contributed by atoms with Crippen LogP contribution < -0.4 is 5.32 Å². The van der Waals surface area contributed by atoms with E-state index in [9.17, 15) is 0 Å². The maximum absolute atomic E-state index is 4.37. The van der Waals surface area contributed by atoms with E-state index in [0.29, 0.717) is 0 Å². The number of hydrogen-bond donors (Lipinski definition) is 1. The number of nitrogens with one attached hydrogen (secondary N) is 1. The van der Waals surface area contributed by atoms with Crippen LogP contribution >= 0.6 is 0 Å². The SMILES string of the molecule is CCCCCCCn1cnc(CNCC)c1. The quantitative estimate of drug-likeness (QED) is 0.652. The van der Waals surface area contributed by atoms with Gasteiger partial charge in [0.05, 0.1) is 12.0 Å². The fourth-order valence-electron chi connectivity index (χ4n) is 1.77. The molecule has 0 aromatic carbocycles. The first-order valence-electron chi connectivity index (χ1n) is 6.58. The molecule has 1 aromatic heterocycles. The predicted molar refractivity (Wildman–Crippen MR) is 68.4 cm³/mol. The van der Waals surface area contributed by atoms with Crippen molar-refractivity contribution in [3.8, 4) is 0 Å². The zero-order valence-electron chi connectivity index (χ0n) is 10.7. The van der Waals surface area contributed by atoms with Crippen LogP contribution in [0, 0.1) is 0 Å². The van der Waals surface area contributed by atoms with Crippen LogP contribution in [0.4, 0.5) is 0 Å². The van der Waals surface area contributed by atoms with Crippen molar-refractivity contribution in [2.45, 2.75) is 59.0 Å². The van der Waals surface area contributed by atoms with E-state index in [0.717, 1.165) is 25.3 Å². The monoisotopic (exact) mass is 223 g/mol. The van der Waals surface area contributed by atoms with Gasteiger partial charge >= 0.3 is 0 Å². The molecule has 0 unspecified atom stereocenters. The van der Waals surface area contributed by atoms with Crippen LogP contribution in [0.15, 0.2) is 12.5 Å². The third kappa shape index (κ3) is 5.31. The van der Waals surface area contributed by atoms with Gasteiger partial charge in [-0.1, -0.05) is 39.5 Å². The lowest BCUT2D eigenvalue weighted by atomic mass is 10.1. The van der Waals surface area contributed by atoms with Gasteiger partial charge in [0.15, 0.2) is 0 Å². The maximum atomic E-state index is 4.37. The molecule has 0 saturated heterocycles. The van der Waals surface area contributed by atoms with E-state index in [2.05, 4.69) is 34.9 Å². The highest BCUT2D eigenvalue weighted by Gasteiger charge is 1.97. The van der Waals surface area contributed by atoms with E-state index in [1.807, 2.05) is 6.33 Å². The number of rotatable bonds is 9. The van der Waals surface area contributed by atoms with Gasteiger partial charge in [-0.05, 0) is 13.0 Å². The molecule has 3 nitrogen and oxygen atoms in total. The van der Waals surface area contributed by atoms with Crippen LogP contribution in [-0.2, 0) is 13.1 Å². The minimum atomic E-state index is 0.888. The standard InChI is InChI=1S/C13H25N3/c1-3-5-6-7-8-9-16-11-13(15-12-16)10-14-4-2/h11-12,14H,3-10H2,1-2H3. The van der Waals surface area contributed by atoms with Crippen molar-refractivity contribution in [2.24, 2.45) is 0 Å². The number of hydrogen-bond acceptors (Lipinski definition) is 2. The molecule has 0 atom stereocenters. The Morgan fingerprint density at radius 2 is 2.00 bits per heavy atom. The average Bonchev–Trinajstić information content (AvgIpc) is 2.74. The summed E-state index contributed by atoms with van der Waals surface area (Å²) in [4.78, 5) is 4.37. The zero-order chi connectivity index (χ0) is 11.6. The molecule has 0 fully saturated rings. The van der Waals surface area contributed by atoms with Gasteiger partial charge in [0.25, 0.3) is 0 Å². The predicted octanol–water partition coefficient (Wildman–Crippen LogP) is 2.96. The fourth-order valence-corrected chi connectivity index (χ4v) is 1.77. The van der Waals surface area contributed by atoms with E-state index in [-0.39, 0.29) is 0 Å². The molecule has 1 N–H and O–H groups in total. The van der Waals surface area contributed by atoms with Crippen molar-refractivity contribution in [2.75, 3.05) is 6.54 Å². The Hall–Kier alpha value is -0.830. The summed E-state index contributed by atoms with van der Waals surface area (Å²) in [5, 5.41) is 3.29. The first-order valence-corrected chi connectivity index (χ1v) is 6.58. The first kappa shape index (κ1) is 13.2. The second-order valence-electron chi connectivity index (χ2n) is 4.30. The Bertz CT molecular complexity index is 268. The van der Waals surface area contributed by atoms with Crippen LogP contribution in [0.2, 0.25) is 0 Å². The van der Waals surface area contributed by atoms with Crippen LogP contribution in [0.3, 0.4) is 0 Å². The molecular weight excluding hydrogens is 198 g/mol. The lowest BCUT2D eigenvalue weighted by Gasteiger charge is -2.01. The molecule has 0 aliphatic rings. The molecular formula is C13H25N3. The highest BCUT2D eigenvalue weighted by atomic mass is 15.0. The Morgan fingerprint density at radius 3 is 2.75 bits per heavy atom. The van der Waals surface area contributed by atoms with E-state index in [1.165, 1.54) is 32.1 Å². The first-order chi connectivity index (χ1) is 7.86. The number of imidazole rings is 1. The van der Waals surface area contributed by atoms with Crippen LogP contribution in [0.5, 0.6) is 0 Å². The molecule has 0 spiro atoms. The van der Waals surface area contributed by atoms with Crippen LogP contribution in [-0.4, -0.2) is 16.1 Å². The normalized spacial score (nSPS) is 10.9. The number of aromatic nitrogens is 2. The van der Waals surface area contributed by atoms with Gasteiger partial charge in [-0.25, -0.2) is 4.98 Å². The van der Waals surface area contributed by atoms with Gasteiger partial charge in [-0.2, -0.15) is 0 Å². The van der Waals surface area contributed by atoms with Gasteiger partial charge in [0.2, 0.25) is 0 Å². The summed E-state index contributed by atoms with van der Waals surface area (Å²) >= 11 is 0. The molecule has 1 rings (SSSR count). The summed E-state index contributed by atoms with van der Waals surface area (Å²) in [5.74, 6) is 0. The third-order valence-electron chi connectivity index (χ3n) is 2.76. The summed E-state index contributed by atoms with van der Waals surface area (Å²) < 4.78 is 2.21. The second-order valence-corrected chi connectivity index (χ2v) is 4.30. The molecule has 0 aliphatic carbocycles. The van der Waals surface area contributed by atoms with Gasteiger partial charge in [0, 0.05) is 19.3 Å². The highest BCUT2D eigenvalue weighted by Crippen LogP contribution is 2.05. The average molecular weight is 223 g/mol. The molecule has 0 amide bonds. The van der Waals surface area contributed by atoms with Crippen molar-refractivity contribution in [1.29, 1.82) is 0 Å². The largest absolute Gasteiger partial charge is 0.337 e. The van der Waals surface area contributed by atoms with Gasteiger partial charge in [0.1, 0.15) is 0 Å². The van der Waals surface area contributed by atoms with E-state index in [4.69, 9.17) is 0 Å². The smallest absolute Gasteiger partial charge is 0.0949 e. The van der Waals surface area contributed by atoms with Gasteiger partial charge < -0.3 is 9.88 Å². The van der Waals surface area contributed by atoms with Crippen molar-refractivity contribution >= 4 is 0 Å². The summed E-state index contributed by atoms with van der Waals surface area (Å²) in [7, 11) is 0. The minimum Gasteiger partial charge on any atom is -0.337 e. The van der Waals surface area contributed by atoms with Crippen molar-refractivity contribution in [3.05, 3.63) is 18.2 Å². The van der Waals surface area contributed by atoms with Crippen LogP contribution in [0.1, 0.15) is 51.6 Å². The summed E-state index contributed by atoms with van der Waals surface area (Å²) in [6.45, 7) is 7.37. The highest BCUT2D eigenvalue weighted by molar-refractivity contribution is 4.95. The minimum absolute atomic E-state index is 0.888. The number of unbranched alkanes of at least 4 members (excludes halogenated alkanes) is 4. The molecule has 92 valence electrons. The Morgan fingerprint density at radius 1 is 1.19 bits per heavy atom. The van der Waals surface area contributed by atoms with Crippen molar-refractivity contribution in [1.82, 2.24) is 14.9 Å². The lowest BCUT2D eigenvalue weighted by molar-refractivity contribution is 0.567. The fraction of sp³-hybridized carbons (Fsp3) is 0.769. The molecule has 0 radical (unpaired) electrons. The summed E-state index contributed by atoms with van der Waals surface area (Å²) in [6, 6.07) is 0. The molecule has 16 heavy (non-hydrogen) atoms. The zero-order valence-corrected chi connectivity index (χ0v) is 10.7. The van der Waals surface area contributed by atoms with E-state index >= 15 is 0 Å².